The third-order valence-corrected chi connectivity index (χ3v) is 6.08. The molecule has 1 saturated heterocycles. The van der Waals surface area contributed by atoms with Gasteiger partial charge in [-0.15, -0.1) is 0 Å². The monoisotopic (exact) mass is 399 g/mol. The third kappa shape index (κ3) is 6.74. The minimum Gasteiger partial charge on any atom is -0.357 e. The Labute approximate surface area is 175 Å². The molecule has 1 aromatic rings. The van der Waals surface area contributed by atoms with E-state index in [1.54, 1.807) is 4.90 Å². The van der Waals surface area contributed by atoms with Crippen molar-refractivity contribution in [2.24, 2.45) is 10.4 Å². The Balaban J connectivity index is 1.48. The van der Waals surface area contributed by atoms with Gasteiger partial charge in [-0.05, 0) is 50.0 Å². The van der Waals surface area contributed by atoms with Crippen LogP contribution in [0.15, 0.2) is 35.3 Å². The highest BCUT2D eigenvalue weighted by Crippen LogP contribution is 2.48. The van der Waals surface area contributed by atoms with Gasteiger partial charge in [0.15, 0.2) is 5.96 Å². The lowest BCUT2D eigenvalue weighted by atomic mass is 9.97. The van der Waals surface area contributed by atoms with E-state index >= 15 is 0 Å². The molecule has 6 heteroatoms. The average molecular weight is 400 g/mol. The number of rotatable bonds is 8. The second-order valence-electron chi connectivity index (χ2n) is 8.84. The van der Waals surface area contributed by atoms with Crippen LogP contribution in [0.4, 0.5) is 0 Å². The first-order valence-corrected chi connectivity index (χ1v) is 11.0. The van der Waals surface area contributed by atoms with Crippen LogP contribution >= 0.6 is 0 Å². The SMILES string of the molecule is CCNC(=NCC1(Cc2ccccc2)CC1)NC1CCN(CC(=O)N(C)C)CC1. The predicted octanol–water partition coefficient (Wildman–Crippen LogP) is 2.12. The van der Waals surface area contributed by atoms with Gasteiger partial charge in [0.05, 0.1) is 6.54 Å². The Kier molecular flexibility index (Phi) is 7.53. The van der Waals surface area contributed by atoms with Crippen molar-refractivity contribution < 1.29 is 4.79 Å². The molecular weight excluding hydrogens is 362 g/mol. The van der Waals surface area contributed by atoms with Crippen molar-refractivity contribution in [3.05, 3.63) is 35.9 Å². The number of guanidine groups is 1. The summed E-state index contributed by atoms with van der Waals surface area (Å²) >= 11 is 0. The molecule has 29 heavy (non-hydrogen) atoms. The Hall–Kier alpha value is -2.08. The number of likely N-dealkylation sites (tertiary alicyclic amines) is 1. The molecule has 0 bridgehead atoms. The standard InChI is InChI=1S/C23H37N5O/c1-4-24-22(25-18-23(12-13-23)16-19-8-6-5-7-9-19)26-20-10-14-28(15-11-20)17-21(29)27(2)3/h5-9,20H,4,10-18H2,1-3H3,(H2,24,25,26). The predicted molar refractivity (Wildman–Crippen MR) is 119 cm³/mol. The summed E-state index contributed by atoms with van der Waals surface area (Å²) in [5.41, 5.74) is 1.76. The van der Waals surface area contributed by atoms with Crippen LogP contribution in [0.2, 0.25) is 0 Å². The second-order valence-corrected chi connectivity index (χ2v) is 8.84. The Morgan fingerprint density at radius 1 is 1.21 bits per heavy atom. The number of amides is 1. The molecule has 3 rings (SSSR count). The van der Waals surface area contributed by atoms with E-state index in [0.29, 0.717) is 18.0 Å². The molecule has 160 valence electrons. The fourth-order valence-corrected chi connectivity index (χ4v) is 3.92. The number of carbonyl (C=O) groups is 1. The summed E-state index contributed by atoms with van der Waals surface area (Å²) in [5.74, 6) is 1.12. The minimum absolute atomic E-state index is 0.180. The number of likely N-dealkylation sites (N-methyl/N-ethyl adjacent to an activating group) is 1. The van der Waals surface area contributed by atoms with Crippen molar-refractivity contribution in [3.8, 4) is 0 Å². The molecular formula is C23H37N5O. The van der Waals surface area contributed by atoms with E-state index in [1.807, 2.05) is 14.1 Å². The number of benzene rings is 1. The van der Waals surface area contributed by atoms with Crippen LogP contribution in [0.3, 0.4) is 0 Å². The number of nitrogens with zero attached hydrogens (tertiary/aromatic N) is 3. The van der Waals surface area contributed by atoms with Crippen molar-refractivity contribution in [2.75, 3.05) is 46.8 Å². The number of carbonyl (C=O) groups excluding carboxylic acids is 1. The van der Waals surface area contributed by atoms with Gasteiger partial charge in [-0.25, -0.2) is 0 Å². The molecule has 6 nitrogen and oxygen atoms in total. The Bertz CT molecular complexity index is 676. The summed E-state index contributed by atoms with van der Waals surface area (Å²) in [4.78, 5) is 20.8. The summed E-state index contributed by atoms with van der Waals surface area (Å²) in [7, 11) is 3.64. The quantitative estimate of drug-likeness (QED) is 0.519. The lowest BCUT2D eigenvalue weighted by molar-refractivity contribution is -0.130. The van der Waals surface area contributed by atoms with E-state index in [4.69, 9.17) is 4.99 Å². The smallest absolute Gasteiger partial charge is 0.236 e. The zero-order valence-electron chi connectivity index (χ0n) is 18.3. The summed E-state index contributed by atoms with van der Waals surface area (Å²) in [6.07, 6.45) is 5.74. The van der Waals surface area contributed by atoms with E-state index in [1.165, 1.54) is 18.4 Å². The van der Waals surface area contributed by atoms with Gasteiger partial charge in [0.25, 0.3) is 0 Å². The zero-order chi connectivity index (χ0) is 20.7. The summed E-state index contributed by atoms with van der Waals surface area (Å²) < 4.78 is 0. The molecule has 1 amide bonds. The highest BCUT2D eigenvalue weighted by molar-refractivity contribution is 5.80. The van der Waals surface area contributed by atoms with E-state index in [2.05, 4.69) is 52.8 Å². The average Bonchev–Trinajstić information content (AvgIpc) is 3.48. The minimum atomic E-state index is 0.180. The van der Waals surface area contributed by atoms with Crippen LogP contribution in [0.25, 0.3) is 0 Å². The molecule has 1 aliphatic carbocycles. The molecule has 1 aliphatic heterocycles. The van der Waals surface area contributed by atoms with Crippen molar-refractivity contribution >= 4 is 11.9 Å². The van der Waals surface area contributed by atoms with Gasteiger partial charge in [-0.2, -0.15) is 0 Å². The van der Waals surface area contributed by atoms with E-state index in [9.17, 15) is 4.79 Å². The molecule has 2 fully saturated rings. The van der Waals surface area contributed by atoms with Gasteiger partial charge >= 0.3 is 0 Å². The normalized spacial score (nSPS) is 19.6. The van der Waals surface area contributed by atoms with Gasteiger partial charge in [0, 0.05) is 46.3 Å². The van der Waals surface area contributed by atoms with E-state index in [0.717, 1.165) is 51.4 Å². The van der Waals surface area contributed by atoms with Gasteiger partial charge < -0.3 is 15.5 Å². The molecule has 2 aliphatic rings. The summed E-state index contributed by atoms with van der Waals surface area (Å²) in [6, 6.07) is 11.2. The summed E-state index contributed by atoms with van der Waals surface area (Å²) in [6.45, 7) is 6.30. The number of hydrogen-bond donors (Lipinski definition) is 2. The largest absolute Gasteiger partial charge is 0.357 e. The number of hydrogen-bond acceptors (Lipinski definition) is 3. The molecule has 2 N–H and O–H groups in total. The van der Waals surface area contributed by atoms with Crippen LogP contribution in [-0.4, -0.2) is 74.5 Å². The van der Waals surface area contributed by atoms with E-state index < -0.39 is 0 Å². The number of nitrogens with one attached hydrogen (secondary N) is 2. The molecule has 1 heterocycles. The van der Waals surface area contributed by atoms with Crippen LogP contribution in [-0.2, 0) is 11.2 Å². The van der Waals surface area contributed by atoms with Gasteiger partial charge in [0.1, 0.15) is 0 Å². The second kappa shape index (κ2) is 10.1. The maximum atomic E-state index is 11.9. The summed E-state index contributed by atoms with van der Waals surface area (Å²) in [5, 5.41) is 7.05. The van der Waals surface area contributed by atoms with Crippen molar-refractivity contribution in [1.82, 2.24) is 20.4 Å². The lowest BCUT2D eigenvalue weighted by Gasteiger charge is -2.33. The molecule has 0 atom stereocenters. The zero-order valence-corrected chi connectivity index (χ0v) is 18.3. The maximum absolute atomic E-state index is 11.9. The number of aliphatic imine (C=N–C) groups is 1. The maximum Gasteiger partial charge on any atom is 0.236 e. The van der Waals surface area contributed by atoms with Crippen molar-refractivity contribution in [3.63, 3.8) is 0 Å². The van der Waals surface area contributed by atoms with Gasteiger partial charge in [-0.3, -0.25) is 14.7 Å². The fourth-order valence-electron chi connectivity index (χ4n) is 3.92. The van der Waals surface area contributed by atoms with Crippen molar-refractivity contribution in [2.45, 2.75) is 45.1 Å². The van der Waals surface area contributed by atoms with Crippen LogP contribution in [0.1, 0.15) is 38.2 Å². The lowest BCUT2D eigenvalue weighted by Crippen LogP contribution is -2.50. The molecule has 1 aromatic carbocycles. The molecule has 0 unspecified atom stereocenters. The first-order chi connectivity index (χ1) is 14.0. The van der Waals surface area contributed by atoms with Gasteiger partial charge in [-0.1, -0.05) is 30.3 Å². The fraction of sp³-hybridized carbons (Fsp3) is 0.652. The highest BCUT2D eigenvalue weighted by Gasteiger charge is 2.42. The highest BCUT2D eigenvalue weighted by atomic mass is 16.2. The van der Waals surface area contributed by atoms with Crippen LogP contribution < -0.4 is 10.6 Å². The molecule has 1 saturated carbocycles. The molecule has 0 aromatic heterocycles. The molecule has 0 radical (unpaired) electrons. The Morgan fingerprint density at radius 2 is 1.90 bits per heavy atom. The van der Waals surface area contributed by atoms with Gasteiger partial charge in [0.2, 0.25) is 5.91 Å². The molecule has 0 spiro atoms. The van der Waals surface area contributed by atoms with E-state index in [-0.39, 0.29) is 5.91 Å². The first-order valence-electron chi connectivity index (χ1n) is 11.0. The van der Waals surface area contributed by atoms with Crippen LogP contribution in [0.5, 0.6) is 0 Å². The Morgan fingerprint density at radius 3 is 2.48 bits per heavy atom. The topological polar surface area (TPSA) is 60.0 Å². The van der Waals surface area contributed by atoms with Crippen molar-refractivity contribution in [1.29, 1.82) is 0 Å². The first kappa shape index (κ1) is 21.6. The number of piperidine rings is 1. The van der Waals surface area contributed by atoms with Crippen LogP contribution in [0, 0.1) is 5.41 Å². The third-order valence-electron chi connectivity index (χ3n) is 6.08.